The molecule has 1 unspecified atom stereocenters. The lowest BCUT2D eigenvalue weighted by atomic mass is 10.2. The van der Waals surface area contributed by atoms with Crippen molar-refractivity contribution in [2.75, 3.05) is 36.4 Å². The molecule has 2 aromatic rings. The zero-order valence-corrected chi connectivity index (χ0v) is 17.9. The second kappa shape index (κ2) is 8.50. The summed E-state index contributed by atoms with van der Waals surface area (Å²) < 4.78 is 0.916. The highest BCUT2D eigenvalue weighted by molar-refractivity contribution is 9.10. The van der Waals surface area contributed by atoms with Crippen LogP contribution in [0.4, 0.5) is 10.8 Å². The lowest BCUT2D eigenvalue weighted by Crippen LogP contribution is -2.44. The molecule has 3 rings (SSSR count). The van der Waals surface area contributed by atoms with Crippen molar-refractivity contribution in [3.05, 3.63) is 39.3 Å². The number of benzene rings is 1. The standard InChI is InChI=1S/C19H25BrN4OS/c1-13-5-6-17(16(20)11-13)22-18(25)15(3)23-7-4-8-24(10-9-23)19-21-14(2)12-26-19/h5-6,11-12,15H,4,7-10H2,1-3H3,(H,22,25). The van der Waals surface area contributed by atoms with Crippen LogP contribution in [0.2, 0.25) is 0 Å². The number of carbonyl (C=O) groups is 1. The van der Waals surface area contributed by atoms with Crippen LogP contribution < -0.4 is 10.2 Å². The quantitative estimate of drug-likeness (QED) is 0.784. The minimum absolute atomic E-state index is 0.0353. The minimum atomic E-state index is -0.166. The van der Waals surface area contributed by atoms with E-state index in [-0.39, 0.29) is 11.9 Å². The topological polar surface area (TPSA) is 48.5 Å². The van der Waals surface area contributed by atoms with Gasteiger partial charge in [-0.15, -0.1) is 11.3 Å². The van der Waals surface area contributed by atoms with Gasteiger partial charge in [0.1, 0.15) is 0 Å². The van der Waals surface area contributed by atoms with Gasteiger partial charge in [0, 0.05) is 36.0 Å². The number of rotatable bonds is 4. The summed E-state index contributed by atoms with van der Waals surface area (Å²) in [5.41, 5.74) is 3.05. The summed E-state index contributed by atoms with van der Waals surface area (Å²) in [6.07, 6.45) is 1.03. The normalized spacial score (nSPS) is 17.0. The van der Waals surface area contributed by atoms with Gasteiger partial charge in [-0.25, -0.2) is 4.98 Å². The van der Waals surface area contributed by atoms with Crippen molar-refractivity contribution in [3.8, 4) is 0 Å². The van der Waals surface area contributed by atoms with Gasteiger partial charge in [-0.1, -0.05) is 6.07 Å². The fraction of sp³-hybridized carbons (Fsp3) is 0.474. The van der Waals surface area contributed by atoms with Crippen LogP contribution in [0.5, 0.6) is 0 Å². The molecule has 0 bridgehead atoms. The van der Waals surface area contributed by atoms with Crippen LogP contribution in [0.1, 0.15) is 24.6 Å². The first-order valence-electron chi connectivity index (χ1n) is 8.92. The van der Waals surface area contributed by atoms with E-state index in [9.17, 15) is 4.79 Å². The van der Waals surface area contributed by atoms with Crippen LogP contribution >= 0.6 is 27.3 Å². The smallest absolute Gasteiger partial charge is 0.241 e. The third-order valence-corrected chi connectivity index (χ3v) is 6.39. The van der Waals surface area contributed by atoms with Gasteiger partial charge >= 0.3 is 0 Å². The minimum Gasteiger partial charge on any atom is -0.347 e. The summed E-state index contributed by atoms with van der Waals surface area (Å²) in [5, 5.41) is 6.23. The van der Waals surface area contributed by atoms with Crippen molar-refractivity contribution in [1.29, 1.82) is 0 Å². The Morgan fingerprint density at radius 1 is 1.27 bits per heavy atom. The molecule has 0 radical (unpaired) electrons. The van der Waals surface area contributed by atoms with Gasteiger partial charge in [-0.05, 0) is 60.8 Å². The van der Waals surface area contributed by atoms with E-state index in [1.54, 1.807) is 11.3 Å². The Kier molecular flexibility index (Phi) is 6.32. The predicted octanol–water partition coefficient (Wildman–Crippen LogP) is 4.06. The van der Waals surface area contributed by atoms with E-state index in [4.69, 9.17) is 0 Å². The van der Waals surface area contributed by atoms with Crippen molar-refractivity contribution in [1.82, 2.24) is 9.88 Å². The lowest BCUT2D eigenvalue weighted by Gasteiger charge is -2.27. The molecule has 0 saturated carbocycles. The van der Waals surface area contributed by atoms with E-state index >= 15 is 0 Å². The molecule has 5 nitrogen and oxygen atoms in total. The van der Waals surface area contributed by atoms with Crippen molar-refractivity contribution in [3.63, 3.8) is 0 Å². The van der Waals surface area contributed by atoms with E-state index in [2.05, 4.69) is 41.4 Å². The maximum atomic E-state index is 12.7. The Morgan fingerprint density at radius 2 is 2.08 bits per heavy atom. The number of thiazole rings is 1. The third kappa shape index (κ3) is 4.64. The van der Waals surface area contributed by atoms with Crippen LogP contribution in [0.3, 0.4) is 0 Å². The maximum absolute atomic E-state index is 12.7. The molecule has 1 aromatic carbocycles. The molecule has 26 heavy (non-hydrogen) atoms. The molecular weight excluding hydrogens is 412 g/mol. The molecule has 7 heteroatoms. The van der Waals surface area contributed by atoms with E-state index in [0.29, 0.717) is 0 Å². The first kappa shape index (κ1) is 19.3. The second-order valence-electron chi connectivity index (χ2n) is 6.80. The number of nitrogens with one attached hydrogen (secondary N) is 1. The number of aryl methyl sites for hydroxylation is 2. The van der Waals surface area contributed by atoms with Crippen LogP contribution in [0.15, 0.2) is 28.1 Å². The molecule has 1 aromatic heterocycles. The van der Waals surface area contributed by atoms with Crippen LogP contribution in [0.25, 0.3) is 0 Å². The highest BCUT2D eigenvalue weighted by Gasteiger charge is 2.25. The number of nitrogens with zero attached hydrogens (tertiary/aromatic N) is 3. The Morgan fingerprint density at radius 3 is 2.77 bits per heavy atom. The molecule has 1 atom stereocenters. The summed E-state index contributed by atoms with van der Waals surface area (Å²) in [6, 6.07) is 5.80. The van der Waals surface area contributed by atoms with Crippen molar-refractivity contribution < 1.29 is 4.79 Å². The van der Waals surface area contributed by atoms with Crippen LogP contribution in [-0.2, 0) is 4.79 Å². The summed E-state index contributed by atoms with van der Waals surface area (Å²) in [7, 11) is 0. The second-order valence-corrected chi connectivity index (χ2v) is 8.49. The van der Waals surface area contributed by atoms with Crippen molar-refractivity contribution in [2.45, 2.75) is 33.2 Å². The third-order valence-electron chi connectivity index (χ3n) is 4.72. The molecule has 1 aliphatic rings. The van der Waals surface area contributed by atoms with E-state index in [1.165, 1.54) is 0 Å². The van der Waals surface area contributed by atoms with Gasteiger partial charge < -0.3 is 10.2 Å². The number of aromatic nitrogens is 1. The van der Waals surface area contributed by atoms with Gasteiger partial charge in [0.15, 0.2) is 5.13 Å². The predicted molar refractivity (Wildman–Crippen MR) is 112 cm³/mol. The monoisotopic (exact) mass is 436 g/mol. The van der Waals surface area contributed by atoms with Crippen LogP contribution in [-0.4, -0.2) is 48.0 Å². The fourth-order valence-corrected chi connectivity index (χ4v) is 4.58. The Hall–Kier alpha value is -1.44. The Bertz CT molecular complexity index is 779. The number of halogens is 1. The average molecular weight is 437 g/mol. The Labute approximate surface area is 167 Å². The van der Waals surface area contributed by atoms with Gasteiger partial charge in [-0.3, -0.25) is 9.69 Å². The average Bonchev–Trinajstić information content (AvgIpc) is 2.89. The molecular formula is C19H25BrN4OS. The number of hydrogen-bond acceptors (Lipinski definition) is 5. The number of hydrogen-bond donors (Lipinski definition) is 1. The molecule has 140 valence electrons. The molecule has 1 aliphatic heterocycles. The zero-order chi connectivity index (χ0) is 18.7. The van der Waals surface area contributed by atoms with E-state index < -0.39 is 0 Å². The van der Waals surface area contributed by atoms with Crippen molar-refractivity contribution >= 4 is 44.0 Å². The number of amides is 1. The molecule has 0 spiro atoms. The van der Waals surface area contributed by atoms with Gasteiger partial charge in [-0.2, -0.15) is 0 Å². The molecule has 1 N–H and O–H groups in total. The van der Waals surface area contributed by atoms with Gasteiger partial charge in [0.05, 0.1) is 17.4 Å². The SMILES string of the molecule is Cc1ccc(NC(=O)C(C)N2CCCN(c3nc(C)cs3)CC2)c(Br)c1. The fourth-order valence-electron chi connectivity index (χ4n) is 3.13. The van der Waals surface area contributed by atoms with Gasteiger partial charge in [0.2, 0.25) is 5.91 Å². The number of carbonyl (C=O) groups excluding carboxylic acids is 1. The zero-order valence-electron chi connectivity index (χ0n) is 15.5. The number of anilines is 2. The summed E-state index contributed by atoms with van der Waals surface area (Å²) in [6.45, 7) is 9.72. The van der Waals surface area contributed by atoms with Crippen LogP contribution in [0, 0.1) is 13.8 Å². The Balaban J connectivity index is 1.60. The highest BCUT2D eigenvalue weighted by atomic mass is 79.9. The maximum Gasteiger partial charge on any atom is 0.241 e. The van der Waals surface area contributed by atoms with Crippen molar-refractivity contribution in [2.24, 2.45) is 0 Å². The highest BCUT2D eigenvalue weighted by Crippen LogP contribution is 2.24. The van der Waals surface area contributed by atoms with E-state index in [1.807, 2.05) is 39.0 Å². The molecule has 1 saturated heterocycles. The molecule has 2 heterocycles. The lowest BCUT2D eigenvalue weighted by molar-refractivity contribution is -0.120. The molecule has 1 amide bonds. The largest absolute Gasteiger partial charge is 0.347 e. The summed E-state index contributed by atoms with van der Waals surface area (Å²) >= 11 is 5.23. The van der Waals surface area contributed by atoms with Gasteiger partial charge in [0.25, 0.3) is 0 Å². The first-order valence-corrected chi connectivity index (χ1v) is 10.6. The summed E-state index contributed by atoms with van der Waals surface area (Å²) in [4.78, 5) is 21.9. The molecule has 1 fully saturated rings. The van der Waals surface area contributed by atoms with E-state index in [0.717, 1.165) is 59.1 Å². The molecule has 0 aliphatic carbocycles. The summed E-state index contributed by atoms with van der Waals surface area (Å²) in [5.74, 6) is 0.0353. The first-order chi connectivity index (χ1) is 12.4.